The fourth-order valence-corrected chi connectivity index (χ4v) is 2.25. The highest BCUT2D eigenvalue weighted by Gasteiger charge is 2.51. The van der Waals surface area contributed by atoms with Gasteiger partial charge in [-0.15, -0.1) is 0 Å². The smallest absolute Gasteiger partial charge is 0.303 e. The molecule has 1 aliphatic heterocycles. The molecule has 5 atom stereocenters. The summed E-state index contributed by atoms with van der Waals surface area (Å²) in [4.78, 5) is 36.2. The molecule has 1 heterocycles. The first kappa shape index (κ1) is 21.6. The first-order valence-corrected chi connectivity index (χ1v) is 7.66. The van der Waals surface area contributed by atoms with Crippen molar-refractivity contribution in [2.75, 3.05) is 19.8 Å². The second-order valence-electron chi connectivity index (χ2n) is 5.26. The fraction of sp³-hybridized carbons (Fsp3) is 0.786. The number of esters is 3. The van der Waals surface area contributed by atoms with Gasteiger partial charge >= 0.3 is 17.9 Å². The molecule has 1 aliphatic rings. The number of carbonyl (C=O) groups is 3. The third-order valence-corrected chi connectivity index (χ3v) is 3.16. The monoisotopic (exact) mass is 377 g/mol. The Morgan fingerprint density at radius 2 is 1.73 bits per heavy atom. The summed E-state index contributed by atoms with van der Waals surface area (Å²) in [6.45, 7) is 2.67. The van der Waals surface area contributed by atoms with Crippen LogP contribution in [0.15, 0.2) is 5.11 Å². The normalized spacial score (nSPS) is 27.8. The standard InChI is InChI=1S/C14H20FN3O8/c1-7(19)23-6-10-12(24-8(2)20)13(25-9(3)21)11(15)14(26-10)22-5-4-17-18-16/h10-14H,4-6H2,1-3H3/t10-,11-,12-,13-,14?/m1/s1. The molecule has 26 heavy (non-hydrogen) atoms. The van der Waals surface area contributed by atoms with Crippen LogP contribution in [0, 0.1) is 0 Å². The van der Waals surface area contributed by atoms with Crippen LogP contribution >= 0.6 is 0 Å². The van der Waals surface area contributed by atoms with E-state index in [4.69, 9.17) is 29.2 Å². The molecule has 1 saturated heterocycles. The number of halogens is 1. The SMILES string of the molecule is CC(=O)OC[C@H]1OC(OCCN=[N+]=[N-])[C@H](F)[C@@H](OC(C)=O)[C@@H]1OC(C)=O. The van der Waals surface area contributed by atoms with Gasteiger partial charge < -0.3 is 23.7 Å². The quantitative estimate of drug-likeness (QED) is 0.151. The van der Waals surface area contributed by atoms with Crippen LogP contribution in [-0.2, 0) is 38.1 Å². The molecule has 1 rings (SSSR count). The second-order valence-corrected chi connectivity index (χ2v) is 5.26. The van der Waals surface area contributed by atoms with Crippen LogP contribution < -0.4 is 0 Å². The lowest BCUT2D eigenvalue weighted by Gasteiger charge is -2.41. The van der Waals surface area contributed by atoms with E-state index in [2.05, 4.69) is 10.0 Å². The largest absolute Gasteiger partial charge is 0.463 e. The van der Waals surface area contributed by atoms with E-state index in [1.54, 1.807) is 0 Å². The summed E-state index contributed by atoms with van der Waals surface area (Å²) in [5, 5.41) is 3.24. The molecule has 0 bridgehead atoms. The Kier molecular flexibility index (Phi) is 8.76. The number of hydrogen-bond acceptors (Lipinski definition) is 9. The van der Waals surface area contributed by atoms with Gasteiger partial charge in [0.2, 0.25) is 0 Å². The van der Waals surface area contributed by atoms with Gasteiger partial charge in [0.05, 0.1) is 6.61 Å². The summed E-state index contributed by atoms with van der Waals surface area (Å²) < 4.78 is 40.1. The molecule has 11 nitrogen and oxygen atoms in total. The van der Waals surface area contributed by atoms with Gasteiger partial charge in [0.15, 0.2) is 24.7 Å². The van der Waals surface area contributed by atoms with Crippen LogP contribution in [0.3, 0.4) is 0 Å². The molecule has 12 heteroatoms. The Bertz CT molecular complexity index is 568. The van der Waals surface area contributed by atoms with E-state index in [0.717, 1.165) is 20.8 Å². The van der Waals surface area contributed by atoms with E-state index in [-0.39, 0.29) is 19.8 Å². The minimum atomic E-state index is -2.00. The molecule has 146 valence electrons. The molecule has 0 spiro atoms. The molecule has 1 unspecified atom stereocenters. The second kappa shape index (κ2) is 10.5. The van der Waals surface area contributed by atoms with Gasteiger partial charge in [-0.2, -0.15) is 0 Å². The summed E-state index contributed by atoms with van der Waals surface area (Å²) in [5.74, 6) is -2.21. The number of rotatable bonds is 8. The summed E-state index contributed by atoms with van der Waals surface area (Å²) in [6.07, 6.45) is -7.52. The van der Waals surface area contributed by atoms with Crippen molar-refractivity contribution in [2.24, 2.45) is 5.11 Å². The Labute approximate surface area is 148 Å². The zero-order valence-electron chi connectivity index (χ0n) is 14.5. The Morgan fingerprint density at radius 3 is 2.27 bits per heavy atom. The molecule has 1 fully saturated rings. The maximum absolute atomic E-state index is 14.7. The topological polar surface area (TPSA) is 146 Å². The van der Waals surface area contributed by atoms with Gasteiger partial charge in [-0.3, -0.25) is 14.4 Å². The minimum Gasteiger partial charge on any atom is -0.463 e. The third-order valence-electron chi connectivity index (χ3n) is 3.16. The van der Waals surface area contributed by atoms with Crippen LogP contribution in [0.25, 0.3) is 10.4 Å². The van der Waals surface area contributed by atoms with Gasteiger partial charge in [0.25, 0.3) is 0 Å². The molecule has 0 aliphatic carbocycles. The molecule has 0 radical (unpaired) electrons. The van der Waals surface area contributed by atoms with Crippen LogP contribution in [0.2, 0.25) is 0 Å². The van der Waals surface area contributed by atoms with E-state index >= 15 is 0 Å². The van der Waals surface area contributed by atoms with Crippen molar-refractivity contribution in [3.63, 3.8) is 0 Å². The highest BCUT2D eigenvalue weighted by Crippen LogP contribution is 2.29. The van der Waals surface area contributed by atoms with E-state index in [1.165, 1.54) is 0 Å². The lowest BCUT2D eigenvalue weighted by molar-refractivity contribution is -0.292. The molecule has 0 saturated carbocycles. The van der Waals surface area contributed by atoms with Crippen LogP contribution in [0.1, 0.15) is 20.8 Å². The zero-order chi connectivity index (χ0) is 19.7. The van der Waals surface area contributed by atoms with Crippen molar-refractivity contribution < 1.29 is 42.5 Å². The molecule has 0 aromatic rings. The maximum atomic E-state index is 14.7. The van der Waals surface area contributed by atoms with E-state index < -0.39 is 48.7 Å². The van der Waals surface area contributed by atoms with E-state index in [9.17, 15) is 18.8 Å². The van der Waals surface area contributed by atoms with Gasteiger partial charge in [-0.05, 0) is 5.53 Å². The fourth-order valence-electron chi connectivity index (χ4n) is 2.25. The Balaban J connectivity index is 2.99. The molecule has 0 aromatic carbocycles. The molecule has 0 N–H and O–H groups in total. The van der Waals surface area contributed by atoms with Gasteiger partial charge in [0.1, 0.15) is 12.7 Å². The number of ether oxygens (including phenoxy) is 5. The molecular weight excluding hydrogens is 357 g/mol. The Morgan fingerprint density at radius 1 is 1.12 bits per heavy atom. The minimum absolute atomic E-state index is 0.0801. The first-order chi connectivity index (χ1) is 12.3. The zero-order valence-corrected chi connectivity index (χ0v) is 14.5. The highest BCUT2D eigenvalue weighted by atomic mass is 19.1. The van der Waals surface area contributed by atoms with Crippen LogP contribution in [-0.4, -0.2) is 68.4 Å². The average Bonchev–Trinajstić information content (AvgIpc) is 2.54. The lowest BCUT2D eigenvalue weighted by atomic mass is 9.99. The number of alkyl halides is 1. The lowest BCUT2D eigenvalue weighted by Crippen LogP contribution is -2.60. The first-order valence-electron chi connectivity index (χ1n) is 7.66. The van der Waals surface area contributed by atoms with Crippen molar-refractivity contribution in [1.82, 2.24) is 0 Å². The highest BCUT2D eigenvalue weighted by molar-refractivity contribution is 5.67. The van der Waals surface area contributed by atoms with Gasteiger partial charge in [-0.25, -0.2) is 4.39 Å². The Hall–Kier alpha value is -2.43. The molecular formula is C14H20FN3O8. The van der Waals surface area contributed by atoms with E-state index in [0.29, 0.717) is 0 Å². The van der Waals surface area contributed by atoms with Crippen molar-refractivity contribution in [3.05, 3.63) is 10.4 Å². The number of azide groups is 1. The average molecular weight is 377 g/mol. The van der Waals surface area contributed by atoms with Crippen LogP contribution in [0.5, 0.6) is 0 Å². The van der Waals surface area contributed by atoms with Crippen molar-refractivity contribution in [2.45, 2.75) is 51.5 Å². The number of nitrogens with zero attached hydrogens (tertiary/aromatic N) is 3. The predicted molar refractivity (Wildman–Crippen MR) is 81.3 cm³/mol. The van der Waals surface area contributed by atoms with Crippen molar-refractivity contribution in [1.29, 1.82) is 0 Å². The third kappa shape index (κ3) is 6.82. The summed E-state index contributed by atoms with van der Waals surface area (Å²) >= 11 is 0. The molecule has 0 aromatic heterocycles. The predicted octanol–water partition coefficient (Wildman–Crippen LogP) is 0.803. The molecule has 0 amide bonds. The van der Waals surface area contributed by atoms with Gasteiger partial charge in [-0.1, -0.05) is 5.11 Å². The van der Waals surface area contributed by atoms with Gasteiger partial charge in [0, 0.05) is 32.2 Å². The number of carbonyl (C=O) groups excluding carboxylic acids is 3. The summed E-state index contributed by atoms with van der Waals surface area (Å²) in [6, 6.07) is 0. The summed E-state index contributed by atoms with van der Waals surface area (Å²) in [5.41, 5.74) is 8.22. The van der Waals surface area contributed by atoms with Crippen molar-refractivity contribution in [3.8, 4) is 0 Å². The van der Waals surface area contributed by atoms with Crippen molar-refractivity contribution >= 4 is 17.9 Å². The summed E-state index contributed by atoms with van der Waals surface area (Å²) in [7, 11) is 0. The van der Waals surface area contributed by atoms with Crippen LogP contribution in [0.4, 0.5) is 4.39 Å². The van der Waals surface area contributed by atoms with E-state index in [1.807, 2.05) is 0 Å². The maximum Gasteiger partial charge on any atom is 0.303 e. The number of hydrogen-bond donors (Lipinski definition) is 0.